The number of ether oxygens (including phenoxy) is 2. The SMILES string of the molecule is CCOCCO/N=C/c1ccc2c(c1)NC(=O)CO2. The van der Waals surface area contributed by atoms with Crippen LogP contribution in [0.15, 0.2) is 23.4 Å². The third-order valence-corrected chi connectivity index (χ3v) is 2.44. The lowest BCUT2D eigenvalue weighted by Crippen LogP contribution is -2.25. The molecule has 0 saturated carbocycles. The Balaban J connectivity index is 1.89. The summed E-state index contributed by atoms with van der Waals surface area (Å²) in [5.41, 5.74) is 1.47. The zero-order chi connectivity index (χ0) is 13.5. The molecular formula is C13H16N2O4. The van der Waals surface area contributed by atoms with Crippen LogP contribution in [0.3, 0.4) is 0 Å². The second kappa shape index (κ2) is 6.75. The lowest BCUT2D eigenvalue weighted by molar-refractivity contribution is -0.118. The average molecular weight is 264 g/mol. The summed E-state index contributed by atoms with van der Waals surface area (Å²) in [4.78, 5) is 16.2. The van der Waals surface area contributed by atoms with Crippen molar-refractivity contribution in [3.05, 3.63) is 23.8 Å². The molecule has 1 aromatic carbocycles. The molecule has 0 bridgehead atoms. The molecule has 6 heteroatoms. The molecule has 19 heavy (non-hydrogen) atoms. The zero-order valence-corrected chi connectivity index (χ0v) is 10.7. The molecule has 1 aromatic rings. The molecule has 1 heterocycles. The van der Waals surface area contributed by atoms with E-state index in [0.717, 1.165) is 5.56 Å². The molecule has 2 rings (SSSR count). The molecule has 1 aliphatic heterocycles. The Hall–Kier alpha value is -2.08. The lowest BCUT2D eigenvalue weighted by atomic mass is 10.2. The van der Waals surface area contributed by atoms with Crippen molar-refractivity contribution >= 4 is 17.8 Å². The van der Waals surface area contributed by atoms with Crippen LogP contribution >= 0.6 is 0 Å². The Bertz CT molecular complexity index is 474. The molecule has 6 nitrogen and oxygen atoms in total. The van der Waals surface area contributed by atoms with E-state index in [-0.39, 0.29) is 12.5 Å². The number of nitrogens with one attached hydrogen (secondary N) is 1. The van der Waals surface area contributed by atoms with Crippen LogP contribution in [0.25, 0.3) is 0 Å². The first-order valence-corrected chi connectivity index (χ1v) is 6.09. The van der Waals surface area contributed by atoms with Gasteiger partial charge in [-0.3, -0.25) is 4.79 Å². The van der Waals surface area contributed by atoms with E-state index in [2.05, 4.69) is 10.5 Å². The highest BCUT2D eigenvalue weighted by Crippen LogP contribution is 2.27. The van der Waals surface area contributed by atoms with E-state index in [1.165, 1.54) is 0 Å². The van der Waals surface area contributed by atoms with Gasteiger partial charge in [0.25, 0.3) is 5.91 Å². The first-order chi connectivity index (χ1) is 9.29. The molecule has 0 aliphatic carbocycles. The van der Waals surface area contributed by atoms with Crippen molar-refractivity contribution in [2.24, 2.45) is 5.16 Å². The van der Waals surface area contributed by atoms with Gasteiger partial charge in [-0.05, 0) is 30.7 Å². The number of anilines is 1. The summed E-state index contributed by atoms with van der Waals surface area (Å²) in [6.45, 7) is 3.57. The van der Waals surface area contributed by atoms with Crippen LogP contribution < -0.4 is 10.1 Å². The monoisotopic (exact) mass is 264 g/mol. The number of hydrogen-bond acceptors (Lipinski definition) is 5. The van der Waals surface area contributed by atoms with E-state index in [4.69, 9.17) is 14.3 Å². The second-order valence-electron chi connectivity index (χ2n) is 3.86. The number of nitrogens with zero attached hydrogens (tertiary/aromatic N) is 1. The number of benzene rings is 1. The summed E-state index contributed by atoms with van der Waals surface area (Å²) in [5.74, 6) is 0.503. The normalized spacial score (nSPS) is 13.8. The molecular weight excluding hydrogens is 248 g/mol. The fourth-order valence-corrected chi connectivity index (χ4v) is 1.57. The van der Waals surface area contributed by atoms with E-state index in [0.29, 0.717) is 31.3 Å². The van der Waals surface area contributed by atoms with Gasteiger partial charge in [-0.15, -0.1) is 0 Å². The maximum atomic E-state index is 11.2. The summed E-state index contributed by atoms with van der Waals surface area (Å²) in [5, 5.41) is 6.56. The third-order valence-electron chi connectivity index (χ3n) is 2.44. The fourth-order valence-electron chi connectivity index (χ4n) is 1.57. The molecule has 102 valence electrons. The standard InChI is InChI=1S/C13H16N2O4/c1-2-17-5-6-19-14-8-10-3-4-12-11(7-10)15-13(16)9-18-12/h3-4,7-8H,2,5-6,9H2,1H3,(H,15,16)/b14-8+. The highest BCUT2D eigenvalue weighted by Gasteiger charge is 2.15. The number of fused-ring (bicyclic) bond motifs is 1. The maximum absolute atomic E-state index is 11.2. The van der Waals surface area contributed by atoms with Crippen molar-refractivity contribution in [2.75, 3.05) is 31.7 Å². The smallest absolute Gasteiger partial charge is 0.262 e. The highest BCUT2D eigenvalue weighted by molar-refractivity contribution is 5.96. The van der Waals surface area contributed by atoms with Gasteiger partial charge in [-0.1, -0.05) is 5.16 Å². The van der Waals surface area contributed by atoms with Crippen LogP contribution in [0.1, 0.15) is 12.5 Å². The predicted octanol–water partition coefficient (Wildman–Crippen LogP) is 1.40. The minimum atomic E-state index is -0.158. The minimum absolute atomic E-state index is 0.0565. The van der Waals surface area contributed by atoms with Crippen LogP contribution in [0.4, 0.5) is 5.69 Å². The Kier molecular flexibility index (Phi) is 4.74. The maximum Gasteiger partial charge on any atom is 0.262 e. The van der Waals surface area contributed by atoms with Crippen molar-refractivity contribution in [3.63, 3.8) is 0 Å². The molecule has 0 unspecified atom stereocenters. The summed E-state index contributed by atoms with van der Waals surface area (Å²) in [6, 6.07) is 5.41. The van der Waals surface area contributed by atoms with Gasteiger partial charge in [0.2, 0.25) is 0 Å². The van der Waals surface area contributed by atoms with E-state index >= 15 is 0 Å². The number of rotatable bonds is 6. The van der Waals surface area contributed by atoms with Crippen molar-refractivity contribution in [2.45, 2.75) is 6.92 Å². The number of amides is 1. The number of oxime groups is 1. The van der Waals surface area contributed by atoms with E-state index in [1.807, 2.05) is 13.0 Å². The number of carbonyl (C=O) groups excluding carboxylic acids is 1. The highest BCUT2D eigenvalue weighted by atomic mass is 16.6. The van der Waals surface area contributed by atoms with Gasteiger partial charge in [-0.2, -0.15) is 0 Å². The Labute approximate surface area is 111 Å². The second-order valence-corrected chi connectivity index (χ2v) is 3.86. The van der Waals surface area contributed by atoms with Gasteiger partial charge in [0, 0.05) is 6.61 Å². The van der Waals surface area contributed by atoms with Crippen molar-refractivity contribution in [1.82, 2.24) is 0 Å². The average Bonchev–Trinajstić information content (AvgIpc) is 2.42. The summed E-state index contributed by atoms with van der Waals surface area (Å²) in [7, 11) is 0. The molecule has 0 spiro atoms. The van der Waals surface area contributed by atoms with Gasteiger partial charge in [0.1, 0.15) is 12.4 Å². The Morgan fingerprint density at radius 2 is 2.37 bits per heavy atom. The summed E-state index contributed by atoms with van der Waals surface area (Å²) in [6.07, 6.45) is 1.58. The van der Waals surface area contributed by atoms with Crippen LogP contribution in [-0.2, 0) is 14.4 Å². The predicted molar refractivity (Wildman–Crippen MR) is 70.6 cm³/mol. The van der Waals surface area contributed by atoms with Gasteiger partial charge in [0.05, 0.1) is 18.5 Å². The number of carbonyl (C=O) groups is 1. The first-order valence-electron chi connectivity index (χ1n) is 6.09. The molecule has 1 amide bonds. The van der Waals surface area contributed by atoms with Crippen LogP contribution in [0.2, 0.25) is 0 Å². The van der Waals surface area contributed by atoms with E-state index in [1.54, 1.807) is 18.3 Å². The topological polar surface area (TPSA) is 69.2 Å². The molecule has 0 saturated heterocycles. The Morgan fingerprint density at radius 3 is 3.21 bits per heavy atom. The summed E-state index contributed by atoms with van der Waals surface area (Å²) >= 11 is 0. The van der Waals surface area contributed by atoms with Crippen molar-refractivity contribution in [1.29, 1.82) is 0 Å². The molecule has 0 radical (unpaired) electrons. The largest absolute Gasteiger partial charge is 0.482 e. The van der Waals surface area contributed by atoms with Crippen molar-refractivity contribution < 1.29 is 19.1 Å². The van der Waals surface area contributed by atoms with Crippen LogP contribution in [-0.4, -0.2) is 38.5 Å². The van der Waals surface area contributed by atoms with Gasteiger partial charge in [0.15, 0.2) is 6.61 Å². The quantitative estimate of drug-likeness (QED) is 0.479. The lowest BCUT2D eigenvalue weighted by Gasteiger charge is -2.17. The molecule has 1 N–H and O–H groups in total. The number of hydrogen-bond donors (Lipinski definition) is 1. The zero-order valence-electron chi connectivity index (χ0n) is 10.7. The van der Waals surface area contributed by atoms with E-state index in [9.17, 15) is 4.79 Å². The Morgan fingerprint density at radius 1 is 1.47 bits per heavy atom. The van der Waals surface area contributed by atoms with Gasteiger partial charge >= 0.3 is 0 Å². The van der Waals surface area contributed by atoms with Gasteiger partial charge in [-0.25, -0.2) is 0 Å². The van der Waals surface area contributed by atoms with Crippen LogP contribution in [0, 0.1) is 0 Å². The van der Waals surface area contributed by atoms with Crippen LogP contribution in [0.5, 0.6) is 5.75 Å². The van der Waals surface area contributed by atoms with E-state index < -0.39 is 0 Å². The third kappa shape index (κ3) is 3.96. The molecule has 1 aliphatic rings. The van der Waals surface area contributed by atoms with Gasteiger partial charge < -0.3 is 19.6 Å². The summed E-state index contributed by atoms with van der Waals surface area (Å²) < 4.78 is 10.4. The molecule has 0 aromatic heterocycles. The van der Waals surface area contributed by atoms with Crippen molar-refractivity contribution in [3.8, 4) is 5.75 Å². The molecule has 0 fully saturated rings. The first kappa shape index (κ1) is 13.4. The fraction of sp³-hybridized carbons (Fsp3) is 0.385. The minimum Gasteiger partial charge on any atom is -0.482 e. The molecule has 0 atom stereocenters.